The Hall–Kier alpha value is -1.93. The Balaban J connectivity index is 1.62. The predicted octanol–water partition coefficient (Wildman–Crippen LogP) is 3.51. The van der Waals surface area contributed by atoms with Crippen LogP contribution in [-0.2, 0) is 23.1 Å². The molecule has 0 spiro atoms. The van der Waals surface area contributed by atoms with Crippen LogP contribution in [0.15, 0.2) is 47.4 Å². The summed E-state index contributed by atoms with van der Waals surface area (Å²) in [5.41, 5.74) is 2.37. The Morgan fingerprint density at radius 3 is 2.30 bits per heavy atom. The lowest BCUT2D eigenvalue weighted by molar-refractivity contribution is 0.0951. The number of nitrogens with zero attached hydrogens (tertiary/aromatic N) is 2. The molecule has 0 radical (unpaired) electrons. The zero-order valence-electron chi connectivity index (χ0n) is 17.4. The summed E-state index contributed by atoms with van der Waals surface area (Å²) in [6, 6.07) is 12.3. The number of carbonyl (C=O) groups is 1. The summed E-state index contributed by atoms with van der Waals surface area (Å²) >= 11 is 6.14. The monoisotopic (exact) mass is 449 g/mol. The van der Waals surface area contributed by atoms with E-state index in [2.05, 4.69) is 22.3 Å². The van der Waals surface area contributed by atoms with E-state index in [0.29, 0.717) is 6.54 Å². The van der Waals surface area contributed by atoms with E-state index in [-0.39, 0.29) is 15.5 Å². The Morgan fingerprint density at radius 1 is 1.03 bits per heavy atom. The molecule has 1 saturated heterocycles. The maximum absolute atomic E-state index is 12.6. The predicted molar refractivity (Wildman–Crippen MR) is 119 cm³/mol. The van der Waals surface area contributed by atoms with Crippen molar-refractivity contribution in [1.82, 2.24) is 14.5 Å². The van der Waals surface area contributed by atoms with Crippen molar-refractivity contribution in [3.8, 4) is 0 Å². The molecule has 1 heterocycles. The van der Waals surface area contributed by atoms with Gasteiger partial charge >= 0.3 is 0 Å². The summed E-state index contributed by atoms with van der Waals surface area (Å²) in [5.74, 6) is -0.409. The number of benzene rings is 2. The fourth-order valence-corrected chi connectivity index (χ4v) is 4.60. The summed E-state index contributed by atoms with van der Waals surface area (Å²) < 4.78 is 25.7. The van der Waals surface area contributed by atoms with Crippen molar-refractivity contribution in [3.05, 3.63) is 64.2 Å². The maximum atomic E-state index is 12.6. The summed E-state index contributed by atoms with van der Waals surface area (Å²) in [7, 11) is -0.757. The normalized spacial score (nSPS) is 15.3. The van der Waals surface area contributed by atoms with Crippen LogP contribution in [0.25, 0.3) is 0 Å². The number of amides is 1. The number of hydrogen-bond acceptors (Lipinski definition) is 4. The van der Waals surface area contributed by atoms with Crippen LogP contribution < -0.4 is 5.32 Å². The van der Waals surface area contributed by atoms with Gasteiger partial charge in [-0.1, -0.05) is 42.3 Å². The first-order valence-electron chi connectivity index (χ1n) is 10.1. The summed E-state index contributed by atoms with van der Waals surface area (Å²) in [6.45, 7) is 3.60. The van der Waals surface area contributed by atoms with Gasteiger partial charge in [0, 0.05) is 27.2 Å². The van der Waals surface area contributed by atoms with E-state index in [1.807, 2.05) is 12.1 Å². The van der Waals surface area contributed by atoms with E-state index in [1.54, 1.807) is 0 Å². The van der Waals surface area contributed by atoms with Crippen LogP contribution in [-0.4, -0.2) is 50.7 Å². The van der Waals surface area contributed by atoms with Crippen molar-refractivity contribution in [2.75, 3.05) is 27.2 Å². The lowest BCUT2D eigenvalue weighted by Crippen LogP contribution is -2.29. The van der Waals surface area contributed by atoms with Gasteiger partial charge in [-0.15, -0.1) is 0 Å². The molecular weight excluding hydrogens is 422 g/mol. The fourth-order valence-electron chi connectivity index (χ4n) is 3.47. The number of likely N-dealkylation sites (tertiary alicyclic amines) is 1. The molecule has 6 nitrogen and oxygen atoms in total. The highest BCUT2D eigenvalue weighted by Crippen LogP contribution is 2.22. The van der Waals surface area contributed by atoms with Crippen LogP contribution in [0.4, 0.5) is 0 Å². The van der Waals surface area contributed by atoms with E-state index >= 15 is 0 Å². The van der Waals surface area contributed by atoms with Gasteiger partial charge in [0.05, 0.1) is 15.5 Å². The zero-order valence-corrected chi connectivity index (χ0v) is 19.0. The maximum Gasteiger partial charge on any atom is 0.253 e. The van der Waals surface area contributed by atoms with Crippen LogP contribution in [0.5, 0.6) is 0 Å². The average Bonchev–Trinajstić information content (AvgIpc) is 2.74. The number of rotatable bonds is 7. The van der Waals surface area contributed by atoms with Crippen molar-refractivity contribution >= 4 is 27.5 Å². The molecule has 1 N–H and O–H groups in total. The standard InChI is InChI=1S/C22H28ClN3O3S/c1-25(2)30(28,29)19-10-11-21(23)20(14-19)22(27)24-15-17-6-8-18(9-7-17)16-26-12-4-3-5-13-26/h6-11,14H,3-5,12-13,15-16H2,1-2H3,(H,24,27). The minimum Gasteiger partial charge on any atom is -0.348 e. The highest BCUT2D eigenvalue weighted by molar-refractivity contribution is 7.89. The van der Waals surface area contributed by atoms with Crippen molar-refractivity contribution in [1.29, 1.82) is 0 Å². The van der Waals surface area contributed by atoms with Crippen LogP contribution in [0.2, 0.25) is 5.02 Å². The molecule has 30 heavy (non-hydrogen) atoms. The van der Waals surface area contributed by atoms with Crippen molar-refractivity contribution < 1.29 is 13.2 Å². The molecule has 1 aliphatic rings. The van der Waals surface area contributed by atoms with Gasteiger partial charge in [-0.25, -0.2) is 12.7 Å². The number of sulfonamides is 1. The minimum atomic E-state index is -3.64. The third kappa shape index (κ3) is 5.60. The molecule has 162 valence electrons. The SMILES string of the molecule is CN(C)S(=O)(=O)c1ccc(Cl)c(C(=O)NCc2ccc(CN3CCCCC3)cc2)c1. The molecule has 2 aromatic rings. The average molecular weight is 450 g/mol. The smallest absolute Gasteiger partial charge is 0.253 e. The van der Waals surface area contributed by atoms with Crippen molar-refractivity contribution in [2.45, 2.75) is 37.2 Å². The number of hydrogen-bond donors (Lipinski definition) is 1. The highest BCUT2D eigenvalue weighted by atomic mass is 35.5. The molecule has 8 heteroatoms. The van der Waals surface area contributed by atoms with Crippen LogP contribution in [0, 0.1) is 0 Å². The first-order chi connectivity index (χ1) is 14.3. The molecule has 1 fully saturated rings. The van der Waals surface area contributed by atoms with Gasteiger partial charge < -0.3 is 5.32 Å². The molecular formula is C22H28ClN3O3S. The molecule has 0 bridgehead atoms. The number of piperidine rings is 1. The molecule has 0 aromatic heterocycles. The van der Waals surface area contributed by atoms with Gasteiger partial charge in [0.1, 0.15) is 0 Å². The van der Waals surface area contributed by atoms with E-state index in [1.165, 1.54) is 57.1 Å². The van der Waals surface area contributed by atoms with E-state index < -0.39 is 15.9 Å². The van der Waals surface area contributed by atoms with Gasteiger partial charge in [-0.05, 0) is 55.3 Å². The number of halogens is 1. The molecule has 1 aliphatic heterocycles. The molecule has 2 aromatic carbocycles. The van der Waals surface area contributed by atoms with Gasteiger partial charge in [-0.3, -0.25) is 9.69 Å². The molecule has 0 atom stereocenters. The Morgan fingerprint density at radius 2 is 1.67 bits per heavy atom. The largest absolute Gasteiger partial charge is 0.348 e. The summed E-state index contributed by atoms with van der Waals surface area (Å²) in [6.07, 6.45) is 3.86. The van der Waals surface area contributed by atoms with Crippen molar-refractivity contribution in [2.24, 2.45) is 0 Å². The first-order valence-corrected chi connectivity index (χ1v) is 11.9. The third-order valence-electron chi connectivity index (χ3n) is 5.29. The minimum absolute atomic E-state index is 0.0316. The zero-order chi connectivity index (χ0) is 21.7. The lowest BCUT2D eigenvalue weighted by Gasteiger charge is -2.26. The number of nitrogens with one attached hydrogen (secondary N) is 1. The highest BCUT2D eigenvalue weighted by Gasteiger charge is 2.20. The summed E-state index contributed by atoms with van der Waals surface area (Å²) in [4.78, 5) is 15.1. The number of carbonyl (C=O) groups excluding carboxylic acids is 1. The fraction of sp³-hybridized carbons (Fsp3) is 0.409. The first kappa shape index (κ1) is 22.7. The second kappa shape index (κ2) is 9.92. The molecule has 0 unspecified atom stereocenters. The van der Waals surface area contributed by atoms with Gasteiger partial charge in [0.25, 0.3) is 5.91 Å². The topological polar surface area (TPSA) is 69.7 Å². The Bertz CT molecular complexity index is 985. The van der Waals surface area contributed by atoms with Gasteiger partial charge in [0.15, 0.2) is 0 Å². The molecule has 0 aliphatic carbocycles. The quantitative estimate of drug-likeness (QED) is 0.702. The van der Waals surface area contributed by atoms with Crippen LogP contribution in [0.1, 0.15) is 40.7 Å². The van der Waals surface area contributed by atoms with Crippen molar-refractivity contribution in [3.63, 3.8) is 0 Å². The summed E-state index contributed by atoms with van der Waals surface area (Å²) in [5, 5.41) is 3.03. The molecule has 0 saturated carbocycles. The van der Waals surface area contributed by atoms with Gasteiger partial charge in [-0.2, -0.15) is 0 Å². The Kier molecular flexibility index (Phi) is 7.52. The van der Waals surface area contributed by atoms with Crippen LogP contribution >= 0.6 is 11.6 Å². The third-order valence-corrected chi connectivity index (χ3v) is 7.43. The van der Waals surface area contributed by atoms with E-state index in [4.69, 9.17) is 11.6 Å². The second-order valence-corrected chi connectivity index (χ2v) is 10.3. The van der Waals surface area contributed by atoms with Gasteiger partial charge in [0.2, 0.25) is 10.0 Å². The van der Waals surface area contributed by atoms with E-state index in [9.17, 15) is 13.2 Å². The molecule has 1 amide bonds. The Labute approximate surface area is 183 Å². The lowest BCUT2D eigenvalue weighted by atomic mass is 10.1. The second-order valence-electron chi connectivity index (χ2n) is 7.77. The van der Waals surface area contributed by atoms with Crippen LogP contribution in [0.3, 0.4) is 0 Å². The molecule has 3 rings (SSSR count). The van der Waals surface area contributed by atoms with E-state index in [0.717, 1.165) is 29.5 Å².